The molecule has 0 aromatic carbocycles. The molecule has 18 nitrogen and oxygen atoms in total. The molecule has 4 fully saturated rings. The van der Waals surface area contributed by atoms with Gasteiger partial charge in [-0.2, -0.15) is 0 Å². The van der Waals surface area contributed by atoms with Crippen LogP contribution in [0.2, 0.25) is 0 Å². The lowest BCUT2D eigenvalue weighted by molar-refractivity contribution is -0.122. The van der Waals surface area contributed by atoms with E-state index in [9.17, 15) is 28.8 Å². The highest BCUT2D eigenvalue weighted by atomic mass is 16.2. The average Bonchev–Trinajstić information content (AvgIpc) is 3.91. The first-order chi connectivity index (χ1) is 27.6. The van der Waals surface area contributed by atoms with Gasteiger partial charge >= 0.3 is 18.1 Å². The molecule has 4 aliphatic heterocycles. The van der Waals surface area contributed by atoms with Crippen LogP contribution < -0.4 is 47.9 Å². The molecule has 0 aliphatic carbocycles. The summed E-state index contributed by atoms with van der Waals surface area (Å²) in [5.74, 6) is -0.163. The van der Waals surface area contributed by atoms with Crippen molar-refractivity contribution in [3.63, 3.8) is 0 Å². The predicted molar refractivity (Wildman–Crippen MR) is 219 cm³/mol. The molecule has 9 N–H and O–H groups in total. The smallest absolute Gasteiger partial charge is 0.317 e. The summed E-state index contributed by atoms with van der Waals surface area (Å²) in [4.78, 5) is 85.2. The highest BCUT2D eigenvalue weighted by Crippen LogP contribution is 2.23. The first kappa shape index (κ1) is 45.8. The average molecular weight is 805 g/mol. The number of amides is 9. The van der Waals surface area contributed by atoms with Crippen LogP contribution in [0.4, 0.5) is 14.4 Å². The molecule has 4 saturated heterocycles. The van der Waals surface area contributed by atoms with Gasteiger partial charge < -0.3 is 62.6 Å². The van der Waals surface area contributed by atoms with E-state index in [0.29, 0.717) is 38.5 Å². The number of nitrogens with zero attached hydrogens (tertiary/aromatic N) is 3. The van der Waals surface area contributed by atoms with Crippen LogP contribution in [0, 0.1) is 0 Å². The number of urea groups is 3. The number of hydrogen-bond donors (Lipinski definition) is 9. The Morgan fingerprint density at radius 2 is 0.754 bits per heavy atom. The second-order valence-electron chi connectivity index (χ2n) is 16.2. The molecule has 4 heterocycles. The van der Waals surface area contributed by atoms with E-state index in [1.54, 1.807) is 14.7 Å². The van der Waals surface area contributed by atoms with Gasteiger partial charge in [-0.05, 0) is 98.6 Å². The number of hydrogen-bond acceptors (Lipinski definition) is 9. The van der Waals surface area contributed by atoms with Crippen molar-refractivity contribution in [2.75, 3.05) is 80.0 Å². The number of nitrogens with one attached hydrogen (secondary N) is 9. The van der Waals surface area contributed by atoms with Gasteiger partial charge in [-0.15, -0.1) is 0 Å². The van der Waals surface area contributed by atoms with Crippen LogP contribution in [0.15, 0.2) is 0 Å². The second kappa shape index (κ2) is 24.8. The van der Waals surface area contributed by atoms with Gasteiger partial charge in [0.05, 0.1) is 18.1 Å². The minimum atomic E-state index is -0.376. The van der Waals surface area contributed by atoms with Gasteiger partial charge in [0.2, 0.25) is 17.7 Å². The SMILES string of the molecule is CNCCCCCC(=O)NC1CC2CNC(=O)N3CC(NC(=O)CCCCCNC)CC3CNC(=O)N3CC(NC(=O)CCCCCNC)CC3CNC(=O)N2C1. The highest BCUT2D eigenvalue weighted by Gasteiger charge is 2.42. The zero-order chi connectivity index (χ0) is 41.0. The van der Waals surface area contributed by atoms with Crippen molar-refractivity contribution in [3.05, 3.63) is 0 Å². The first-order valence-electron chi connectivity index (χ1n) is 21.6. The van der Waals surface area contributed by atoms with E-state index in [1.807, 2.05) is 21.1 Å². The normalized spacial score (nSPS) is 25.3. The summed E-state index contributed by atoms with van der Waals surface area (Å²) in [6.07, 6.45) is 10.8. The highest BCUT2D eigenvalue weighted by molar-refractivity contribution is 5.80. The fourth-order valence-electron chi connectivity index (χ4n) is 8.50. The van der Waals surface area contributed by atoms with E-state index in [-0.39, 0.29) is 111 Å². The summed E-state index contributed by atoms with van der Waals surface area (Å²) in [7, 11) is 5.73. The summed E-state index contributed by atoms with van der Waals surface area (Å²) in [5, 5.41) is 27.8. The summed E-state index contributed by atoms with van der Waals surface area (Å²) >= 11 is 0. The van der Waals surface area contributed by atoms with Crippen molar-refractivity contribution in [1.29, 1.82) is 0 Å². The Morgan fingerprint density at radius 1 is 0.474 bits per heavy atom. The first-order valence-corrected chi connectivity index (χ1v) is 21.6. The second-order valence-corrected chi connectivity index (χ2v) is 16.2. The third kappa shape index (κ3) is 15.4. The van der Waals surface area contributed by atoms with E-state index in [2.05, 4.69) is 47.9 Å². The Morgan fingerprint density at radius 3 is 1.02 bits per heavy atom. The maximum absolute atomic E-state index is 13.8. The minimum Gasteiger partial charge on any atom is -0.352 e. The number of fused-ring (bicyclic) bond motifs is 3. The number of carbonyl (C=O) groups excluding carboxylic acids is 6. The molecule has 0 aromatic rings. The van der Waals surface area contributed by atoms with Crippen molar-refractivity contribution >= 4 is 35.8 Å². The fraction of sp³-hybridized carbons (Fsp3) is 0.846. The molecule has 324 valence electrons. The van der Waals surface area contributed by atoms with Crippen LogP contribution in [0.1, 0.15) is 96.3 Å². The van der Waals surface area contributed by atoms with Crippen LogP contribution in [-0.2, 0) is 14.4 Å². The van der Waals surface area contributed by atoms with Gasteiger partial charge in [0.1, 0.15) is 0 Å². The summed E-state index contributed by atoms with van der Waals surface area (Å²) in [6.45, 7) is 4.12. The van der Waals surface area contributed by atoms with Crippen molar-refractivity contribution in [3.8, 4) is 0 Å². The number of carbonyl (C=O) groups is 6. The lowest BCUT2D eigenvalue weighted by Gasteiger charge is -2.28. The lowest BCUT2D eigenvalue weighted by atomic mass is 10.1. The van der Waals surface area contributed by atoms with Crippen LogP contribution in [0.5, 0.6) is 0 Å². The molecule has 57 heavy (non-hydrogen) atoms. The van der Waals surface area contributed by atoms with Gasteiger partial charge in [-0.3, -0.25) is 14.4 Å². The molecule has 0 bridgehead atoms. The molecule has 0 spiro atoms. The van der Waals surface area contributed by atoms with Gasteiger partial charge in [0, 0.05) is 76.7 Å². The molecular formula is C39H72N12O6. The quantitative estimate of drug-likeness (QED) is 0.0721. The zero-order valence-corrected chi connectivity index (χ0v) is 34.7. The molecule has 6 atom stereocenters. The molecule has 18 heteroatoms. The zero-order valence-electron chi connectivity index (χ0n) is 34.7. The molecular weight excluding hydrogens is 733 g/mol. The van der Waals surface area contributed by atoms with E-state index in [1.165, 1.54) is 0 Å². The van der Waals surface area contributed by atoms with Gasteiger partial charge in [-0.1, -0.05) is 19.3 Å². The van der Waals surface area contributed by atoms with Crippen LogP contribution in [0.25, 0.3) is 0 Å². The Labute approximate surface area is 339 Å². The largest absolute Gasteiger partial charge is 0.352 e. The Hall–Kier alpha value is -3.90. The Balaban J connectivity index is 1.45. The summed E-state index contributed by atoms with van der Waals surface area (Å²) < 4.78 is 0. The summed E-state index contributed by atoms with van der Waals surface area (Å²) in [6, 6.07) is -2.96. The third-order valence-electron chi connectivity index (χ3n) is 11.6. The van der Waals surface area contributed by atoms with Gasteiger partial charge in [0.15, 0.2) is 0 Å². The van der Waals surface area contributed by atoms with Crippen LogP contribution in [-0.4, -0.2) is 167 Å². The number of unbranched alkanes of at least 4 members (excludes halogenated alkanes) is 6. The van der Waals surface area contributed by atoms with Gasteiger partial charge in [-0.25, -0.2) is 14.4 Å². The molecule has 0 aromatic heterocycles. The van der Waals surface area contributed by atoms with E-state index < -0.39 is 0 Å². The van der Waals surface area contributed by atoms with Crippen molar-refractivity contribution in [2.24, 2.45) is 0 Å². The maximum atomic E-state index is 13.8. The van der Waals surface area contributed by atoms with E-state index >= 15 is 0 Å². The van der Waals surface area contributed by atoms with Crippen molar-refractivity contribution < 1.29 is 28.8 Å². The van der Waals surface area contributed by atoms with Gasteiger partial charge in [0.25, 0.3) is 0 Å². The molecule has 9 amide bonds. The van der Waals surface area contributed by atoms with Crippen molar-refractivity contribution in [2.45, 2.75) is 133 Å². The predicted octanol–water partition coefficient (Wildman–Crippen LogP) is 0.146. The third-order valence-corrected chi connectivity index (χ3v) is 11.6. The van der Waals surface area contributed by atoms with E-state index in [0.717, 1.165) is 77.4 Å². The fourth-order valence-corrected chi connectivity index (χ4v) is 8.50. The molecule has 6 unspecified atom stereocenters. The van der Waals surface area contributed by atoms with Crippen LogP contribution >= 0.6 is 0 Å². The Bertz CT molecular complexity index is 1160. The standard InChI is InChI=1S/C39H72N12O6/c1-40-16-10-4-7-13-34(52)46-28-19-31-22-43-38(56)50-26-30(48-36(54)15-9-6-12-18-42-3)21-33(50)24-45-39(57)51-27-29(47-35(53)14-8-5-11-17-41-2)20-32(51)23-44-37(55)49(31)25-28/h28-33,40-42H,4-27H2,1-3H3,(H,43,56)(H,44,55)(H,45,57)(H,46,52)(H,47,53)(H,48,54). The minimum absolute atomic E-state index is 0.0544. The molecule has 0 saturated carbocycles. The Kier molecular flexibility index (Phi) is 19.9. The number of rotatable bonds is 21. The monoisotopic (exact) mass is 805 g/mol. The van der Waals surface area contributed by atoms with E-state index in [4.69, 9.17) is 0 Å². The van der Waals surface area contributed by atoms with Crippen LogP contribution in [0.3, 0.4) is 0 Å². The topological polar surface area (TPSA) is 220 Å². The maximum Gasteiger partial charge on any atom is 0.317 e. The van der Waals surface area contributed by atoms with Crippen molar-refractivity contribution in [1.82, 2.24) is 62.6 Å². The molecule has 4 aliphatic rings. The lowest BCUT2D eigenvalue weighted by Crippen LogP contribution is -2.52. The molecule has 0 radical (unpaired) electrons. The summed E-state index contributed by atoms with van der Waals surface area (Å²) in [5.41, 5.74) is 0. The molecule has 4 rings (SSSR count).